The van der Waals surface area contributed by atoms with E-state index < -0.39 is 0 Å². The largest absolute Gasteiger partial charge is 0.339 e. The highest BCUT2D eigenvalue weighted by molar-refractivity contribution is 5.94. The van der Waals surface area contributed by atoms with Gasteiger partial charge in [-0.1, -0.05) is 55.3 Å². The zero-order valence-corrected chi connectivity index (χ0v) is 17.6. The number of hydrogen-bond acceptors (Lipinski definition) is 2. The lowest BCUT2D eigenvalue weighted by atomic mass is 9.90. The standard InChI is InChI=1S/C26H34N2O/c29-26(28-18-14-23(15-19-28)20-22-8-4-3-5-9-22)25-12-10-24(11-13-25)21-27-16-6-1-2-7-17-27/h3-5,8-13,23H,1-2,6-7,14-21H2. The summed E-state index contributed by atoms with van der Waals surface area (Å²) in [4.78, 5) is 17.5. The lowest BCUT2D eigenvalue weighted by Crippen LogP contribution is -2.38. The summed E-state index contributed by atoms with van der Waals surface area (Å²) in [5.74, 6) is 0.891. The van der Waals surface area contributed by atoms with Crippen molar-refractivity contribution in [3.63, 3.8) is 0 Å². The maximum Gasteiger partial charge on any atom is 0.253 e. The number of rotatable bonds is 5. The average Bonchev–Trinajstić information content (AvgIpc) is 3.04. The second-order valence-electron chi connectivity index (χ2n) is 8.81. The molecule has 0 bridgehead atoms. The van der Waals surface area contributed by atoms with E-state index in [0.29, 0.717) is 5.92 Å². The maximum atomic E-state index is 12.9. The number of likely N-dealkylation sites (tertiary alicyclic amines) is 2. The molecule has 2 aromatic rings. The minimum absolute atomic E-state index is 0.199. The van der Waals surface area contributed by atoms with Crippen LogP contribution in [-0.2, 0) is 13.0 Å². The number of amides is 1. The quantitative estimate of drug-likeness (QED) is 0.704. The molecule has 0 aromatic heterocycles. The molecule has 2 aliphatic rings. The molecule has 0 spiro atoms. The van der Waals surface area contributed by atoms with Crippen LogP contribution in [0.5, 0.6) is 0 Å². The molecule has 2 fully saturated rings. The second-order valence-corrected chi connectivity index (χ2v) is 8.81. The Morgan fingerprint density at radius 2 is 1.41 bits per heavy atom. The van der Waals surface area contributed by atoms with Crippen molar-refractivity contribution in [2.24, 2.45) is 5.92 Å². The molecule has 0 radical (unpaired) electrons. The van der Waals surface area contributed by atoms with E-state index in [9.17, 15) is 4.79 Å². The van der Waals surface area contributed by atoms with Gasteiger partial charge in [-0.05, 0) is 74.4 Å². The SMILES string of the molecule is O=C(c1ccc(CN2CCCCCC2)cc1)N1CCC(Cc2ccccc2)CC1. The number of hydrogen-bond donors (Lipinski definition) is 0. The van der Waals surface area contributed by atoms with Crippen molar-refractivity contribution >= 4 is 5.91 Å². The van der Waals surface area contributed by atoms with Crippen molar-refractivity contribution in [2.45, 2.75) is 51.5 Å². The monoisotopic (exact) mass is 390 g/mol. The molecule has 3 heteroatoms. The van der Waals surface area contributed by atoms with Gasteiger partial charge in [0.15, 0.2) is 0 Å². The summed E-state index contributed by atoms with van der Waals surface area (Å²) in [6.07, 6.45) is 8.71. The topological polar surface area (TPSA) is 23.6 Å². The van der Waals surface area contributed by atoms with E-state index in [1.54, 1.807) is 0 Å². The highest BCUT2D eigenvalue weighted by Gasteiger charge is 2.23. The summed E-state index contributed by atoms with van der Waals surface area (Å²) >= 11 is 0. The van der Waals surface area contributed by atoms with Gasteiger partial charge in [-0.25, -0.2) is 0 Å². The van der Waals surface area contributed by atoms with Gasteiger partial charge in [-0.2, -0.15) is 0 Å². The van der Waals surface area contributed by atoms with Crippen LogP contribution in [0.25, 0.3) is 0 Å². The van der Waals surface area contributed by atoms with Crippen molar-refractivity contribution in [1.29, 1.82) is 0 Å². The molecule has 3 nitrogen and oxygen atoms in total. The van der Waals surface area contributed by atoms with Crippen LogP contribution < -0.4 is 0 Å². The normalized spacial score (nSPS) is 19.1. The van der Waals surface area contributed by atoms with E-state index in [-0.39, 0.29) is 5.91 Å². The lowest BCUT2D eigenvalue weighted by molar-refractivity contribution is 0.0690. The van der Waals surface area contributed by atoms with Gasteiger partial charge in [0, 0.05) is 25.2 Å². The van der Waals surface area contributed by atoms with Gasteiger partial charge < -0.3 is 4.90 Å². The molecule has 1 amide bonds. The summed E-state index contributed by atoms with van der Waals surface area (Å²) in [7, 11) is 0. The van der Waals surface area contributed by atoms with Crippen molar-refractivity contribution < 1.29 is 4.79 Å². The molecule has 0 saturated carbocycles. The average molecular weight is 391 g/mol. The fraction of sp³-hybridized carbons (Fsp3) is 0.500. The van der Waals surface area contributed by atoms with Gasteiger partial charge in [0.05, 0.1) is 0 Å². The first-order valence-electron chi connectivity index (χ1n) is 11.4. The molecule has 29 heavy (non-hydrogen) atoms. The Balaban J connectivity index is 1.27. The van der Waals surface area contributed by atoms with Gasteiger partial charge in [0.2, 0.25) is 0 Å². The van der Waals surface area contributed by atoms with Gasteiger partial charge in [-0.15, -0.1) is 0 Å². The molecule has 2 aliphatic heterocycles. The molecule has 2 saturated heterocycles. The van der Waals surface area contributed by atoms with Crippen LogP contribution in [0.2, 0.25) is 0 Å². The molecule has 4 rings (SSSR count). The Kier molecular flexibility index (Phi) is 7.00. The fourth-order valence-corrected chi connectivity index (χ4v) is 4.78. The number of carbonyl (C=O) groups is 1. The molecule has 0 unspecified atom stereocenters. The molecule has 154 valence electrons. The molecule has 0 atom stereocenters. The zero-order valence-electron chi connectivity index (χ0n) is 17.6. The minimum Gasteiger partial charge on any atom is -0.339 e. The fourth-order valence-electron chi connectivity index (χ4n) is 4.78. The maximum absolute atomic E-state index is 12.9. The van der Waals surface area contributed by atoms with Crippen LogP contribution in [0.4, 0.5) is 0 Å². The van der Waals surface area contributed by atoms with Gasteiger partial charge in [0.25, 0.3) is 5.91 Å². The predicted molar refractivity (Wildman–Crippen MR) is 119 cm³/mol. The Morgan fingerprint density at radius 3 is 2.07 bits per heavy atom. The van der Waals surface area contributed by atoms with Crippen molar-refractivity contribution in [3.05, 3.63) is 71.3 Å². The first kappa shape index (κ1) is 20.2. The zero-order chi connectivity index (χ0) is 19.9. The Hall–Kier alpha value is -2.13. The van der Waals surface area contributed by atoms with Crippen LogP contribution in [0.3, 0.4) is 0 Å². The van der Waals surface area contributed by atoms with E-state index in [4.69, 9.17) is 0 Å². The van der Waals surface area contributed by atoms with Gasteiger partial charge in [0.1, 0.15) is 0 Å². The Bertz CT molecular complexity index is 755. The van der Waals surface area contributed by atoms with Crippen LogP contribution in [0.1, 0.15) is 60.0 Å². The predicted octanol–water partition coefficient (Wildman–Crippen LogP) is 5.16. The van der Waals surface area contributed by atoms with Crippen molar-refractivity contribution in [3.8, 4) is 0 Å². The van der Waals surface area contributed by atoms with Crippen molar-refractivity contribution in [2.75, 3.05) is 26.2 Å². The molecule has 2 heterocycles. The highest BCUT2D eigenvalue weighted by atomic mass is 16.2. The third-order valence-electron chi connectivity index (χ3n) is 6.57. The van der Waals surface area contributed by atoms with Crippen LogP contribution in [0, 0.1) is 5.92 Å². The smallest absolute Gasteiger partial charge is 0.253 e. The van der Waals surface area contributed by atoms with E-state index in [0.717, 1.165) is 44.5 Å². The summed E-state index contributed by atoms with van der Waals surface area (Å²) in [5.41, 5.74) is 3.58. The first-order chi connectivity index (χ1) is 14.3. The van der Waals surface area contributed by atoms with E-state index in [2.05, 4.69) is 47.4 Å². The third-order valence-corrected chi connectivity index (χ3v) is 6.57. The molecular weight excluding hydrogens is 356 g/mol. The van der Waals surface area contributed by atoms with Crippen molar-refractivity contribution in [1.82, 2.24) is 9.80 Å². The second kappa shape index (κ2) is 10.1. The Labute approximate surface area is 175 Å². The van der Waals surface area contributed by atoms with Gasteiger partial charge >= 0.3 is 0 Å². The molecule has 2 aromatic carbocycles. The summed E-state index contributed by atoms with van der Waals surface area (Å²) in [6.45, 7) is 5.19. The van der Waals surface area contributed by atoms with E-state index in [1.807, 2.05) is 17.0 Å². The number of piperidine rings is 1. The summed E-state index contributed by atoms with van der Waals surface area (Å²) in [5, 5.41) is 0. The van der Waals surface area contributed by atoms with E-state index in [1.165, 1.54) is 49.9 Å². The highest BCUT2D eigenvalue weighted by Crippen LogP contribution is 2.23. The molecular formula is C26H34N2O. The number of nitrogens with zero attached hydrogens (tertiary/aromatic N) is 2. The molecule has 0 aliphatic carbocycles. The lowest BCUT2D eigenvalue weighted by Gasteiger charge is -2.32. The van der Waals surface area contributed by atoms with Gasteiger partial charge in [-0.3, -0.25) is 9.69 Å². The number of carbonyl (C=O) groups excluding carboxylic acids is 1. The van der Waals surface area contributed by atoms with Crippen LogP contribution in [0.15, 0.2) is 54.6 Å². The first-order valence-corrected chi connectivity index (χ1v) is 11.4. The Morgan fingerprint density at radius 1 is 0.759 bits per heavy atom. The van der Waals surface area contributed by atoms with Crippen LogP contribution >= 0.6 is 0 Å². The third kappa shape index (κ3) is 5.70. The number of benzene rings is 2. The van der Waals surface area contributed by atoms with E-state index >= 15 is 0 Å². The van der Waals surface area contributed by atoms with Crippen LogP contribution in [-0.4, -0.2) is 41.9 Å². The minimum atomic E-state index is 0.199. The molecule has 0 N–H and O–H groups in total. The summed E-state index contributed by atoms with van der Waals surface area (Å²) in [6, 6.07) is 19.1. The summed E-state index contributed by atoms with van der Waals surface area (Å²) < 4.78 is 0.